The molecule has 0 amide bonds. The van der Waals surface area contributed by atoms with Crippen LogP contribution in [0.1, 0.15) is 11.4 Å². The monoisotopic (exact) mass is 292 g/mol. The van der Waals surface area contributed by atoms with Crippen molar-refractivity contribution in [2.24, 2.45) is 0 Å². The van der Waals surface area contributed by atoms with Gasteiger partial charge in [-0.05, 0) is 17.7 Å². The molecular formula is C15H17O4P. The van der Waals surface area contributed by atoms with Crippen molar-refractivity contribution in [1.82, 2.24) is 0 Å². The van der Waals surface area contributed by atoms with Crippen molar-refractivity contribution in [1.29, 1.82) is 0 Å². The van der Waals surface area contributed by atoms with Crippen LogP contribution in [0.15, 0.2) is 60.7 Å². The van der Waals surface area contributed by atoms with Crippen LogP contribution in [-0.2, 0) is 13.8 Å². The number of rotatable bonds is 6. The van der Waals surface area contributed by atoms with Crippen LogP contribution < -0.4 is 4.52 Å². The molecule has 0 saturated heterocycles. The van der Waals surface area contributed by atoms with E-state index in [0.29, 0.717) is 5.75 Å². The molecule has 0 radical (unpaired) electrons. The molecule has 2 aromatic carbocycles. The van der Waals surface area contributed by atoms with Gasteiger partial charge in [-0.25, -0.2) is 4.57 Å². The Bertz CT molecular complexity index is 571. The lowest BCUT2D eigenvalue weighted by Crippen LogP contribution is -2.09. The first-order valence-electron chi connectivity index (χ1n) is 6.17. The first-order chi connectivity index (χ1) is 9.69. The molecule has 106 valence electrons. The third-order valence-electron chi connectivity index (χ3n) is 2.83. The summed E-state index contributed by atoms with van der Waals surface area (Å²) < 4.78 is 29.0. The predicted octanol–water partition coefficient (Wildman–Crippen LogP) is 4.25. The van der Waals surface area contributed by atoms with Gasteiger partial charge in [0, 0.05) is 14.2 Å². The summed E-state index contributed by atoms with van der Waals surface area (Å²) in [6, 6.07) is 18.2. The molecule has 0 bridgehead atoms. The maximum atomic E-state index is 12.9. The Morgan fingerprint density at radius 2 is 1.45 bits per heavy atom. The van der Waals surface area contributed by atoms with Gasteiger partial charge in [0.05, 0.1) is 0 Å². The maximum Gasteiger partial charge on any atom is 0.412 e. The van der Waals surface area contributed by atoms with Gasteiger partial charge in [0.2, 0.25) is 0 Å². The van der Waals surface area contributed by atoms with E-state index in [2.05, 4.69) is 0 Å². The summed E-state index contributed by atoms with van der Waals surface area (Å²) >= 11 is 0. The fourth-order valence-corrected chi connectivity index (χ4v) is 3.45. The molecule has 4 nitrogen and oxygen atoms in total. The number of para-hydroxylation sites is 1. The fraction of sp³-hybridized carbons (Fsp3) is 0.200. The highest BCUT2D eigenvalue weighted by atomic mass is 31.2. The minimum absolute atomic E-state index is 0.482. The van der Waals surface area contributed by atoms with Crippen LogP contribution in [0.25, 0.3) is 0 Å². The molecule has 0 heterocycles. The standard InChI is InChI=1S/C15H17O4P/c1-17-15(13-9-5-3-6-10-13)20(16,18-2)19-14-11-7-4-8-12-14/h3-12,15H,1-2H3. The lowest BCUT2D eigenvalue weighted by Gasteiger charge is -2.25. The molecule has 2 atom stereocenters. The molecule has 2 rings (SSSR count). The van der Waals surface area contributed by atoms with Crippen molar-refractivity contribution in [2.45, 2.75) is 5.85 Å². The van der Waals surface area contributed by atoms with E-state index in [-0.39, 0.29) is 0 Å². The zero-order valence-electron chi connectivity index (χ0n) is 11.4. The summed E-state index contributed by atoms with van der Waals surface area (Å²) in [6.07, 6.45) is 0. The largest absolute Gasteiger partial charge is 0.422 e. The molecule has 2 unspecified atom stereocenters. The van der Waals surface area contributed by atoms with Crippen LogP contribution in [-0.4, -0.2) is 14.2 Å². The van der Waals surface area contributed by atoms with Gasteiger partial charge in [-0.3, -0.25) is 0 Å². The Morgan fingerprint density at radius 1 is 0.900 bits per heavy atom. The Kier molecular flexibility index (Phi) is 4.96. The van der Waals surface area contributed by atoms with Crippen molar-refractivity contribution in [3.8, 4) is 5.75 Å². The molecule has 0 fully saturated rings. The fourth-order valence-electron chi connectivity index (χ4n) is 1.87. The Morgan fingerprint density at radius 3 is 1.95 bits per heavy atom. The van der Waals surface area contributed by atoms with E-state index in [4.69, 9.17) is 13.8 Å². The van der Waals surface area contributed by atoms with Crippen LogP contribution in [0.3, 0.4) is 0 Å². The second kappa shape index (κ2) is 6.71. The number of ether oxygens (including phenoxy) is 1. The van der Waals surface area contributed by atoms with Crippen molar-refractivity contribution in [2.75, 3.05) is 14.2 Å². The molecule has 0 aliphatic carbocycles. The average molecular weight is 292 g/mol. The topological polar surface area (TPSA) is 44.8 Å². The zero-order valence-corrected chi connectivity index (χ0v) is 12.3. The maximum absolute atomic E-state index is 12.9. The number of hydrogen-bond donors (Lipinski definition) is 0. The Labute approximate surface area is 118 Å². The van der Waals surface area contributed by atoms with Crippen LogP contribution in [0.5, 0.6) is 5.75 Å². The lowest BCUT2D eigenvalue weighted by atomic mass is 10.2. The van der Waals surface area contributed by atoms with Gasteiger partial charge in [-0.15, -0.1) is 0 Å². The highest BCUT2D eigenvalue weighted by molar-refractivity contribution is 7.54. The van der Waals surface area contributed by atoms with E-state index in [1.807, 2.05) is 36.4 Å². The van der Waals surface area contributed by atoms with E-state index in [0.717, 1.165) is 5.56 Å². The van der Waals surface area contributed by atoms with Gasteiger partial charge < -0.3 is 13.8 Å². The molecule has 0 N–H and O–H groups in total. The van der Waals surface area contributed by atoms with E-state index >= 15 is 0 Å². The van der Waals surface area contributed by atoms with Gasteiger partial charge in [-0.1, -0.05) is 48.5 Å². The minimum atomic E-state index is -3.48. The van der Waals surface area contributed by atoms with Crippen molar-refractivity contribution < 1.29 is 18.3 Å². The van der Waals surface area contributed by atoms with Gasteiger partial charge in [-0.2, -0.15) is 0 Å². The van der Waals surface area contributed by atoms with Crippen molar-refractivity contribution in [3.63, 3.8) is 0 Å². The first kappa shape index (κ1) is 14.8. The van der Waals surface area contributed by atoms with Crippen molar-refractivity contribution >= 4 is 7.60 Å². The lowest BCUT2D eigenvalue weighted by molar-refractivity contribution is 0.133. The molecule has 5 heteroatoms. The third-order valence-corrected chi connectivity index (χ3v) is 4.88. The van der Waals surface area contributed by atoms with Gasteiger partial charge in [0.15, 0.2) is 5.85 Å². The van der Waals surface area contributed by atoms with Gasteiger partial charge >= 0.3 is 7.60 Å². The summed E-state index contributed by atoms with van der Waals surface area (Å²) in [6.45, 7) is 0. The molecule has 0 spiro atoms. The number of benzene rings is 2. The molecule has 0 aromatic heterocycles. The summed E-state index contributed by atoms with van der Waals surface area (Å²) in [5, 5.41) is 0. The summed E-state index contributed by atoms with van der Waals surface area (Å²) in [5.74, 6) is -0.287. The average Bonchev–Trinajstić information content (AvgIpc) is 2.50. The highest BCUT2D eigenvalue weighted by Crippen LogP contribution is 2.60. The first-order valence-corrected chi connectivity index (χ1v) is 7.78. The quantitative estimate of drug-likeness (QED) is 0.747. The molecule has 2 aromatic rings. The van der Waals surface area contributed by atoms with E-state index in [1.165, 1.54) is 14.2 Å². The second-order valence-electron chi connectivity index (χ2n) is 4.13. The number of methoxy groups -OCH3 is 1. The van der Waals surface area contributed by atoms with Crippen LogP contribution >= 0.6 is 7.60 Å². The molecule has 20 heavy (non-hydrogen) atoms. The number of hydrogen-bond acceptors (Lipinski definition) is 4. The Balaban J connectivity index is 2.31. The van der Waals surface area contributed by atoms with Gasteiger partial charge in [0.1, 0.15) is 5.75 Å². The molecule has 0 aliphatic heterocycles. The zero-order chi connectivity index (χ0) is 14.4. The Hall–Kier alpha value is -1.61. The predicted molar refractivity (Wildman–Crippen MR) is 77.9 cm³/mol. The van der Waals surface area contributed by atoms with Crippen molar-refractivity contribution in [3.05, 3.63) is 66.2 Å². The van der Waals surface area contributed by atoms with Crippen LogP contribution in [0.4, 0.5) is 0 Å². The summed E-state index contributed by atoms with van der Waals surface area (Å²) in [7, 11) is -0.633. The molecule has 0 aliphatic rings. The summed E-state index contributed by atoms with van der Waals surface area (Å²) in [4.78, 5) is 0. The van der Waals surface area contributed by atoms with Crippen LogP contribution in [0.2, 0.25) is 0 Å². The van der Waals surface area contributed by atoms with E-state index < -0.39 is 13.4 Å². The molecular weight excluding hydrogens is 275 g/mol. The highest BCUT2D eigenvalue weighted by Gasteiger charge is 2.38. The second-order valence-corrected chi connectivity index (χ2v) is 6.22. The normalized spacial score (nSPS) is 15.3. The smallest absolute Gasteiger partial charge is 0.412 e. The van der Waals surface area contributed by atoms with E-state index in [9.17, 15) is 4.57 Å². The van der Waals surface area contributed by atoms with Gasteiger partial charge in [0.25, 0.3) is 0 Å². The SMILES string of the molecule is COC(c1ccccc1)P(=O)(OC)Oc1ccccc1. The van der Waals surface area contributed by atoms with E-state index in [1.54, 1.807) is 24.3 Å². The van der Waals surface area contributed by atoms with Crippen LogP contribution in [0, 0.1) is 0 Å². The third kappa shape index (κ3) is 3.28. The minimum Gasteiger partial charge on any atom is -0.422 e. The molecule has 0 saturated carbocycles. The summed E-state index contributed by atoms with van der Waals surface area (Å²) in [5.41, 5.74) is 0.746.